The van der Waals surface area contributed by atoms with Crippen molar-refractivity contribution in [3.8, 4) is 5.88 Å². The Kier molecular flexibility index (Phi) is 6.33. The van der Waals surface area contributed by atoms with E-state index in [1.165, 1.54) is 0 Å². The minimum atomic E-state index is -2.84. The molecule has 0 spiro atoms. The monoisotopic (exact) mass is 286 g/mol. The Morgan fingerprint density at radius 3 is 2.70 bits per heavy atom. The number of hydrogen-bond acceptors (Lipinski definition) is 3. The molecule has 0 bridgehead atoms. The Morgan fingerprint density at radius 1 is 1.40 bits per heavy atom. The summed E-state index contributed by atoms with van der Waals surface area (Å²) in [4.78, 5) is 4.01. The maximum atomic E-state index is 13.6. The van der Waals surface area contributed by atoms with Crippen molar-refractivity contribution < 1.29 is 13.5 Å². The Labute approximate surface area is 119 Å². The van der Waals surface area contributed by atoms with E-state index < -0.39 is 12.0 Å². The van der Waals surface area contributed by atoms with Gasteiger partial charge < -0.3 is 10.1 Å². The van der Waals surface area contributed by atoms with Crippen molar-refractivity contribution in [2.24, 2.45) is 0 Å². The van der Waals surface area contributed by atoms with Gasteiger partial charge in [0, 0.05) is 18.7 Å². The molecule has 0 aromatic carbocycles. The van der Waals surface area contributed by atoms with Gasteiger partial charge in [0.1, 0.15) is 0 Å². The van der Waals surface area contributed by atoms with Gasteiger partial charge in [-0.2, -0.15) is 0 Å². The molecule has 20 heavy (non-hydrogen) atoms. The predicted octanol–water partition coefficient (Wildman–Crippen LogP) is 3.61. The number of rotatable bonds is 3. The van der Waals surface area contributed by atoms with Crippen molar-refractivity contribution in [3.05, 3.63) is 23.9 Å². The summed E-state index contributed by atoms with van der Waals surface area (Å²) in [5, 5.41) is 2.67. The second kappa shape index (κ2) is 7.53. The third-order valence-corrected chi connectivity index (χ3v) is 3.10. The van der Waals surface area contributed by atoms with Gasteiger partial charge in [-0.3, -0.25) is 0 Å². The fraction of sp³-hybridized carbons (Fsp3) is 0.667. The highest BCUT2D eigenvalue weighted by Gasteiger charge is 2.43. The Morgan fingerprint density at radius 2 is 2.10 bits per heavy atom. The number of halogens is 2. The van der Waals surface area contributed by atoms with Gasteiger partial charge in [-0.05, 0) is 24.1 Å². The molecule has 1 saturated heterocycles. The second-order valence-corrected chi connectivity index (χ2v) is 4.92. The van der Waals surface area contributed by atoms with Gasteiger partial charge in [0.15, 0.2) is 6.10 Å². The van der Waals surface area contributed by atoms with Crippen LogP contribution in [-0.2, 0) is 0 Å². The molecule has 1 unspecified atom stereocenters. The summed E-state index contributed by atoms with van der Waals surface area (Å²) in [5.41, 5.74) is 1.04. The number of aromatic nitrogens is 1. The first-order valence-corrected chi connectivity index (χ1v) is 7.20. The number of hydrogen-bond donors (Lipinski definition) is 1. The van der Waals surface area contributed by atoms with Crippen molar-refractivity contribution in [2.45, 2.75) is 52.1 Å². The van der Waals surface area contributed by atoms with Gasteiger partial charge in [0.05, 0.1) is 6.54 Å². The van der Waals surface area contributed by atoms with Crippen LogP contribution in [0, 0.1) is 0 Å². The smallest absolute Gasteiger partial charge is 0.296 e. The molecule has 1 aliphatic rings. The first-order valence-electron chi connectivity index (χ1n) is 7.20. The van der Waals surface area contributed by atoms with Crippen molar-refractivity contribution in [2.75, 3.05) is 13.1 Å². The molecular weight excluding hydrogens is 262 g/mol. The normalized spacial score (nSPS) is 21.1. The standard InChI is InChI=1S/C13H18F2N2O.C2H6/c1-9(2)10-3-6-17-12(7-10)18-11-4-5-16-8-13(11,14)15;1-2/h3,6-7,9,11,16H,4-5,8H2,1-2H3;1-2H3. The number of piperidine rings is 1. The van der Waals surface area contributed by atoms with E-state index in [1.54, 1.807) is 12.3 Å². The van der Waals surface area contributed by atoms with Crippen molar-refractivity contribution in [1.82, 2.24) is 10.3 Å². The van der Waals surface area contributed by atoms with Crippen molar-refractivity contribution in [3.63, 3.8) is 0 Å². The quantitative estimate of drug-likeness (QED) is 0.921. The van der Waals surface area contributed by atoms with E-state index in [9.17, 15) is 8.78 Å². The maximum absolute atomic E-state index is 13.6. The number of ether oxygens (including phenoxy) is 1. The molecule has 5 heteroatoms. The zero-order valence-electron chi connectivity index (χ0n) is 12.6. The molecule has 3 nitrogen and oxygen atoms in total. The molecule has 0 aliphatic carbocycles. The average Bonchev–Trinajstić information content (AvgIpc) is 2.44. The largest absolute Gasteiger partial charge is 0.468 e. The first kappa shape index (κ1) is 16.8. The summed E-state index contributed by atoms with van der Waals surface area (Å²) in [6.07, 6.45) is 0.804. The maximum Gasteiger partial charge on any atom is 0.296 e. The zero-order chi connectivity index (χ0) is 15.2. The predicted molar refractivity (Wildman–Crippen MR) is 76.5 cm³/mol. The van der Waals surface area contributed by atoms with Crippen LogP contribution in [0.25, 0.3) is 0 Å². The van der Waals surface area contributed by atoms with E-state index in [0.29, 0.717) is 18.9 Å². The van der Waals surface area contributed by atoms with Crippen molar-refractivity contribution in [1.29, 1.82) is 0 Å². The molecule has 0 radical (unpaired) electrons. The van der Waals surface area contributed by atoms with Crippen molar-refractivity contribution >= 4 is 0 Å². The summed E-state index contributed by atoms with van der Waals surface area (Å²) in [5.74, 6) is -2.23. The lowest BCUT2D eigenvalue weighted by molar-refractivity contribution is -0.110. The molecule has 0 saturated carbocycles. The summed E-state index contributed by atoms with van der Waals surface area (Å²) >= 11 is 0. The SMILES string of the molecule is CC.CC(C)c1ccnc(OC2CCNCC2(F)F)c1. The van der Waals surface area contributed by atoms with Crippen LogP contribution in [0.1, 0.15) is 45.6 Å². The molecule has 0 amide bonds. The summed E-state index contributed by atoms with van der Waals surface area (Å²) in [6, 6.07) is 3.61. The lowest BCUT2D eigenvalue weighted by atomic mass is 10.0. The van der Waals surface area contributed by atoms with Crippen LogP contribution in [0.2, 0.25) is 0 Å². The van der Waals surface area contributed by atoms with Crippen LogP contribution in [0.15, 0.2) is 18.3 Å². The third kappa shape index (κ3) is 4.40. The highest BCUT2D eigenvalue weighted by atomic mass is 19.3. The number of pyridine rings is 1. The van der Waals surface area contributed by atoms with E-state index in [0.717, 1.165) is 5.56 Å². The van der Waals surface area contributed by atoms with Gasteiger partial charge in [-0.25, -0.2) is 13.8 Å². The average molecular weight is 286 g/mol. The highest BCUT2D eigenvalue weighted by Crippen LogP contribution is 2.28. The number of nitrogens with zero attached hydrogens (tertiary/aromatic N) is 1. The zero-order valence-corrected chi connectivity index (χ0v) is 12.6. The van der Waals surface area contributed by atoms with Crippen LogP contribution in [0.4, 0.5) is 8.78 Å². The summed E-state index contributed by atoms with van der Waals surface area (Å²) in [6.45, 7) is 8.29. The van der Waals surface area contributed by atoms with Gasteiger partial charge in [-0.1, -0.05) is 27.7 Å². The van der Waals surface area contributed by atoms with Gasteiger partial charge in [-0.15, -0.1) is 0 Å². The molecule has 1 aromatic rings. The first-order chi connectivity index (χ1) is 9.49. The summed E-state index contributed by atoms with van der Waals surface area (Å²) < 4.78 is 32.6. The van der Waals surface area contributed by atoms with Gasteiger partial charge >= 0.3 is 0 Å². The van der Waals surface area contributed by atoms with E-state index in [2.05, 4.69) is 10.3 Å². The van der Waals surface area contributed by atoms with E-state index in [1.807, 2.05) is 33.8 Å². The number of alkyl halides is 2. The van der Waals surface area contributed by atoms with Gasteiger partial charge in [0.25, 0.3) is 5.92 Å². The lowest BCUT2D eigenvalue weighted by Gasteiger charge is -2.31. The van der Waals surface area contributed by atoms with Crippen LogP contribution < -0.4 is 10.1 Å². The van der Waals surface area contributed by atoms with Crippen LogP contribution in [0.5, 0.6) is 5.88 Å². The van der Waals surface area contributed by atoms with E-state index >= 15 is 0 Å². The molecule has 1 fully saturated rings. The minimum absolute atomic E-state index is 0.285. The Bertz CT molecular complexity index is 411. The molecule has 1 N–H and O–H groups in total. The molecule has 2 heterocycles. The molecule has 114 valence electrons. The van der Waals surface area contributed by atoms with E-state index in [4.69, 9.17) is 4.74 Å². The lowest BCUT2D eigenvalue weighted by Crippen LogP contribution is -2.52. The van der Waals surface area contributed by atoms with Crippen LogP contribution >= 0.6 is 0 Å². The van der Waals surface area contributed by atoms with Gasteiger partial charge in [0.2, 0.25) is 5.88 Å². The fourth-order valence-corrected chi connectivity index (χ4v) is 1.95. The topological polar surface area (TPSA) is 34.1 Å². The second-order valence-electron chi connectivity index (χ2n) is 4.92. The molecule has 1 aromatic heterocycles. The molecule has 1 aliphatic heterocycles. The Balaban J connectivity index is 0.000000956. The Hall–Kier alpha value is -1.23. The minimum Gasteiger partial charge on any atom is -0.468 e. The molecule has 1 atom stereocenters. The van der Waals surface area contributed by atoms with Crippen LogP contribution in [-0.4, -0.2) is 30.1 Å². The number of nitrogens with one attached hydrogen (secondary N) is 1. The fourth-order valence-electron chi connectivity index (χ4n) is 1.95. The molecule has 2 rings (SSSR count). The third-order valence-electron chi connectivity index (χ3n) is 3.10. The summed E-state index contributed by atoms with van der Waals surface area (Å²) in [7, 11) is 0. The van der Waals surface area contributed by atoms with E-state index in [-0.39, 0.29) is 12.4 Å². The highest BCUT2D eigenvalue weighted by molar-refractivity contribution is 5.23. The van der Waals surface area contributed by atoms with Crippen LogP contribution in [0.3, 0.4) is 0 Å². The molecular formula is C15H24F2N2O.